The van der Waals surface area contributed by atoms with Gasteiger partial charge in [-0.05, 0) is 67.9 Å². The lowest BCUT2D eigenvalue weighted by Gasteiger charge is -2.44. The van der Waals surface area contributed by atoms with E-state index in [1.165, 1.54) is 45.2 Å². The van der Waals surface area contributed by atoms with E-state index in [0.717, 1.165) is 11.8 Å². The highest BCUT2D eigenvalue weighted by molar-refractivity contribution is 5.00. The molecule has 2 atom stereocenters. The van der Waals surface area contributed by atoms with Gasteiger partial charge in [-0.3, -0.25) is 0 Å². The second-order valence-electron chi connectivity index (χ2n) is 7.48. The molecule has 0 bridgehead atoms. The number of hydrogen-bond acceptors (Lipinski definition) is 1. The van der Waals surface area contributed by atoms with Crippen LogP contribution in [0.4, 0.5) is 0 Å². The van der Waals surface area contributed by atoms with Gasteiger partial charge in [0.05, 0.1) is 0 Å². The molecule has 1 saturated carbocycles. The average molecular weight is 223 g/mol. The lowest BCUT2D eigenvalue weighted by Crippen LogP contribution is -2.44. The maximum absolute atomic E-state index is 3.62. The summed E-state index contributed by atoms with van der Waals surface area (Å²) in [6, 6.07) is 0. The molecule has 1 nitrogen and oxygen atoms in total. The molecule has 1 spiro atoms. The normalized spacial score (nSPS) is 38.4. The maximum atomic E-state index is 3.62. The Balaban J connectivity index is 2.10. The van der Waals surface area contributed by atoms with Crippen LogP contribution in [-0.2, 0) is 0 Å². The van der Waals surface area contributed by atoms with Crippen molar-refractivity contribution in [2.45, 2.75) is 59.8 Å². The minimum Gasteiger partial charge on any atom is -0.316 e. The summed E-state index contributed by atoms with van der Waals surface area (Å²) in [5.74, 6) is 1.79. The summed E-state index contributed by atoms with van der Waals surface area (Å²) < 4.78 is 0. The summed E-state index contributed by atoms with van der Waals surface area (Å²) in [6.45, 7) is 12.2. The number of piperidine rings is 1. The third-order valence-corrected chi connectivity index (χ3v) is 4.94. The van der Waals surface area contributed by atoms with Gasteiger partial charge in [-0.2, -0.15) is 0 Å². The van der Waals surface area contributed by atoms with Crippen LogP contribution in [0.2, 0.25) is 0 Å². The molecule has 1 saturated heterocycles. The van der Waals surface area contributed by atoms with E-state index in [9.17, 15) is 0 Å². The van der Waals surface area contributed by atoms with E-state index < -0.39 is 0 Å². The fourth-order valence-corrected chi connectivity index (χ4v) is 4.22. The number of rotatable bonds is 2. The zero-order chi connectivity index (χ0) is 11.8. The molecule has 16 heavy (non-hydrogen) atoms. The highest BCUT2D eigenvalue weighted by Crippen LogP contribution is 2.56. The number of hydrogen-bond donors (Lipinski definition) is 1. The molecule has 1 aliphatic heterocycles. The van der Waals surface area contributed by atoms with Crippen molar-refractivity contribution in [3.63, 3.8) is 0 Å². The molecule has 2 unspecified atom stereocenters. The Hall–Kier alpha value is -0.0400. The molecule has 1 heterocycles. The van der Waals surface area contributed by atoms with Crippen molar-refractivity contribution in [2.75, 3.05) is 13.1 Å². The second-order valence-corrected chi connectivity index (χ2v) is 7.48. The molecule has 2 aliphatic rings. The summed E-state index contributed by atoms with van der Waals surface area (Å²) in [5.41, 5.74) is 1.30. The molecule has 0 aromatic rings. The smallest absolute Gasteiger partial charge is 0.00151 e. The van der Waals surface area contributed by atoms with Crippen molar-refractivity contribution in [3.8, 4) is 0 Å². The van der Waals surface area contributed by atoms with Gasteiger partial charge in [0.25, 0.3) is 0 Å². The summed E-state index contributed by atoms with van der Waals surface area (Å²) in [7, 11) is 0. The van der Waals surface area contributed by atoms with Crippen LogP contribution in [0.15, 0.2) is 0 Å². The van der Waals surface area contributed by atoms with E-state index in [1.807, 2.05) is 0 Å². The van der Waals surface area contributed by atoms with Gasteiger partial charge in [-0.1, -0.05) is 27.7 Å². The minimum atomic E-state index is 0.604. The van der Waals surface area contributed by atoms with Crippen LogP contribution in [0.5, 0.6) is 0 Å². The van der Waals surface area contributed by atoms with Crippen LogP contribution in [-0.4, -0.2) is 13.1 Å². The molecule has 0 radical (unpaired) electrons. The van der Waals surface area contributed by atoms with Gasteiger partial charge in [0.2, 0.25) is 0 Å². The first-order chi connectivity index (χ1) is 7.44. The third-order valence-electron chi connectivity index (χ3n) is 4.94. The Bertz CT molecular complexity index is 244. The number of nitrogens with one attached hydrogen (secondary N) is 1. The third kappa shape index (κ3) is 2.45. The molecule has 1 heteroatoms. The molecule has 0 aromatic heterocycles. The van der Waals surface area contributed by atoms with E-state index in [0.29, 0.717) is 10.8 Å². The van der Waals surface area contributed by atoms with Gasteiger partial charge < -0.3 is 5.32 Å². The van der Waals surface area contributed by atoms with Gasteiger partial charge in [0.15, 0.2) is 0 Å². The molecule has 0 aromatic carbocycles. The van der Waals surface area contributed by atoms with Gasteiger partial charge in [0, 0.05) is 0 Å². The Kier molecular flexibility index (Phi) is 3.36. The monoisotopic (exact) mass is 223 g/mol. The highest BCUT2D eigenvalue weighted by atomic mass is 14.9. The molecule has 0 amide bonds. The highest BCUT2D eigenvalue weighted by Gasteiger charge is 2.48. The quantitative estimate of drug-likeness (QED) is 0.750. The molecular formula is C15H29N. The van der Waals surface area contributed by atoms with Crippen molar-refractivity contribution in [2.24, 2.45) is 22.7 Å². The van der Waals surface area contributed by atoms with Crippen LogP contribution in [0.3, 0.4) is 0 Å². The van der Waals surface area contributed by atoms with Crippen LogP contribution < -0.4 is 5.32 Å². The Labute approximate surface area is 101 Å². The second kappa shape index (κ2) is 4.33. The average Bonchev–Trinajstić information content (AvgIpc) is 2.47. The van der Waals surface area contributed by atoms with Crippen LogP contribution in [0.1, 0.15) is 59.8 Å². The standard InChI is InChI=1S/C15H29N/c1-12(2)9-13-10-16-8-7-15(13)6-5-14(3,4)11-15/h12-13,16H,5-11H2,1-4H3. The van der Waals surface area contributed by atoms with Crippen LogP contribution in [0.25, 0.3) is 0 Å². The van der Waals surface area contributed by atoms with Crippen molar-refractivity contribution >= 4 is 0 Å². The van der Waals surface area contributed by atoms with E-state index in [1.54, 1.807) is 0 Å². The molecule has 2 rings (SSSR count). The van der Waals surface area contributed by atoms with Crippen molar-refractivity contribution in [1.29, 1.82) is 0 Å². The van der Waals surface area contributed by atoms with E-state index in [4.69, 9.17) is 0 Å². The molecule has 94 valence electrons. The van der Waals surface area contributed by atoms with E-state index in [2.05, 4.69) is 33.0 Å². The zero-order valence-corrected chi connectivity index (χ0v) is 11.6. The lowest BCUT2D eigenvalue weighted by molar-refractivity contribution is 0.0837. The summed E-state index contributed by atoms with van der Waals surface area (Å²) in [6.07, 6.45) is 7.25. The van der Waals surface area contributed by atoms with Crippen LogP contribution >= 0.6 is 0 Å². The predicted molar refractivity (Wildman–Crippen MR) is 70.5 cm³/mol. The SMILES string of the molecule is CC(C)CC1CNCCC12CCC(C)(C)C2. The molecule has 1 N–H and O–H groups in total. The maximum Gasteiger partial charge on any atom is -0.00151 e. The van der Waals surface area contributed by atoms with Crippen LogP contribution in [0, 0.1) is 22.7 Å². The molecule has 1 aliphatic carbocycles. The van der Waals surface area contributed by atoms with Crippen molar-refractivity contribution in [1.82, 2.24) is 5.32 Å². The fraction of sp³-hybridized carbons (Fsp3) is 1.00. The summed E-state index contributed by atoms with van der Waals surface area (Å²) in [5, 5.41) is 3.62. The minimum absolute atomic E-state index is 0.604. The lowest BCUT2D eigenvalue weighted by atomic mass is 9.65. The van der Waals surface area contributed by atoms with Gasteiger partial charge in [-0.15, -0.1) is 0 Å². The van der Waals surface area contributed by atoms with Gasteiger partial charge in [-0.25, -0.2) is 0 Å². The van der Waals surface area contributed by atoms with Crippen molar-refractivity contribution < 1.29 is 0 Å². The van der Waals surface area contributed by atoms with Gasteiger partial charge >= 0.3 is 0 Å². The summed E-state index contributed by atoms with van der Waals surface area (Å²) >= 11 is 0. The molecular weight excluding hydrogens is 194 g/mol. The largest absolute Gasteiger partial charge is 0.316 e. The van der Waals surface area contributed by atoms with Crippen molar-refractivity contribution in [3.05, 3.63) is 0 Å². The van der Waals surface area contributed by atoms with Gasteiger partial charge in [0.1, 0.15) is 0 Å². The predicted octanol–water partition coefficient (Wildman–Crippen LogP) is 3.84. The topological polar surface area (TPSA) is 12.0 Å². The fourth-order valence-electron chi connectivity index (χ4n) is 4.22. The Morgan fingerprint density at radius 2 is 1.94 bits per heavy atom. The van der Waals surface area contributed by atoms with E-state index >= 15 is 0 Å². The Morgan fingerprint density at radius 3 is 2.50 bits per heavy atom. The zero-order valence-electron chi connectivity index (χ0n) is 11.6. The summed E-state index contributed by atoms with van der Waals surface area (Å²) in [4.78, 5) is 0. The Morgan fingerprint density at radius 1 is 1.19 bits per heavy atom. The van der Waals surface area contributed by atoms with E-state index in [-0.39, 0.29) is 0 Å². The molecule has 2 fully saturated rings. The first-order valence-electron chi connectivity index (χ1n) is 7.14. The first kappa shape index (κ1) is 12.4. The first-order valence-corrected chi connectivity index (χ1v) is 7.14.